The van der Waals surface area contributed by atoms with Gasteiger partial charge in [-0.2, -0.15) is 13.2 Å². The average molecular weight is 345 g/mol. The van der Waals surface area contributed by atoms with Crippen LogP contribution in [0.3, 0.4) is 0 Å². The minimum atomic E-state index is -4.52. The Morgan fingerprint density at radius 2 is 2.00 bits per heavy atom. The number of rotatable bonds is 2. The Balaban J connectivity index is 1.65. The van der Waals surface area contributed by atoms with E-state index in [4.69, 9.17) is 0 Å². The molecule has 0 saturated heterocycles. The summed E-state index contributed by atoms with van der Waals surface area (Å²) in [7, 11) is 0. The van der Waals surface area contributed by atoms with Gasteiger partial charge in [-0.05, 0) is 18.8 Å². The van der Waals surface area contributed by atoms with Crippen molar-refractivity contribution in [1.29, 1.82) is 0 Å². The van der Waals surface area contributed by atoms with Gasteiger partial charge in [-0.3, -0.25) is 0 Å². The highest BCUT2D eigenvalue weighted by atomic mass is 19.4. The van der Waals surface area contributed by atoms with Crippen molar-refractivity contribution in [2.45, 2.75) is 64.3 Å². The lowest BCUT2D eigenvalue weighted by molar-refractivity contribution is -0.147. The zero-order valence-electron chi connectivity index (χ0n) is 13.6. The molecule has 3 rings (SSSR count). The lowest BCUT2D eigenvalue weighted by atomic mass is 9.83. The molecule has 2 atom stereocenters. The monoisotopic (exact) mass is 345 g/mol. The molecule has 1 fully saturated rings. The molecule has 0 radical (unpaired) electrons. The molecule has 0 bridgehead atoms. The maximum atomic E-state index is 12.8. The van der Waals surface area contributed by atoms with E-state index in [9.17, 15) is 18.0 Å². The van der Waals surface area contributed by atoms with Crippen LogP contribution in [0.5, 0.6) is 0 Å². The molecule has 1 aromatic rings. The van der Waals surface area contributed by atoms with E-state index in [0.717, 1.165) is 30.3 Å². The van der Waals surface area contributed by atoms with Crippen LogP contribution in [0, 0.1) is 5.92 Å². The van der Waals surface area contributed by atoms with Gasteiger partial charge < -0.3 is 14.8 Å². The van der Waals surface area contributed by atoms with E-state index in [-0.39, 0.29) is 37.5 Å². The molecule has 6 nitrogen and oxygen atoms in total. The normalized spacial score (nSPS) is 24.6. The van der Waals surface area contributed by atoms with Crippen LogP contribution < -0.4 is 5.32 Å². The van der Waals surface area contributed by atoms with Crippen LogP contribution >= 0.6 is 0 Å². The van der Waals surface area contributed by atoms with Gasteiger partial charge in [0, 0.05) is 19.1 Å². The third-order valence-electron chi connectivity index (χ3n) is 5.04. The SMILES string of the molecule is CC[C@@H]1CCCC[C@@H]1NC(=O)N1CCn2c(nnc2C(F)(F)F)C1. The van der Waals surface area contributed by atoms with Gasteiger partial charge in [-0.1, -0.05) is 26.2 Å². The van der Waals surface area contributed by atoms with E-state index in [0.29, 0.717) is 5.92 Å². The second-order valence-corrected chi connectivity index (χ2v) is 6.52. The molecule has 1 aliphatic heterocycles. The van der Waals surface area contributed by atoms with Gasteiger partial charge >= 0.3 is 12.2 Å². The zero-order chi connectivity index (χ0) is 17.3. The lowest BCUT2D eigenvalue weighted by Crippen LogP contribution is -2.50. The molecular formula is C15H22F3N5O. The first kappa shape index (κ1) is 17.0. The molecule has 2 amide bonds. The van der Waals surface area contributed by atoms with Crippen molar-refractivity contribution in [2.24, 2.45) is 5.92 Å². The number of nitrogens with one attached hydrogen (secondary N) is 1. The molecule has 24 heavy (non-hydrogen) atoms. The summed E-state index contributed by atoms with van der Waals surface area (Å²) in [6.45, 7) is 2.46. The summed E-state index contributed by atoms with van der Waals surface area (Å²) in [5.41, 5.74) is 0. The van der Waals surface area contributed by atoms with Crippen molar-refractivity contribution in [3.05, 3.63) is 11.6 Å². The summed E-state index contributed by atoms with van der Waals surface area (Å²) in [6.07, 6.45) is 0.875. The van der Waals surface area contributed by atoms with Crippen LogP contribution in [0.15, 0.2) is 0 Å². The largest absolute Gasteiger partial charge is 0.451 e. The van der Waals surface area contributed by atoms with Gasteiger partial charge in [0.15, 0.2) is 5.82 Å². The van der Waals surface area contributed by atoms with Gasteiger partial charge in [-0.15, -0.1) is 10.2 Å². The molecule has 0 unspecified atom stereocenters. The van der Waals surface area contributed by atoms with E-state index >= 15 is 0 Å². The average Bonchev–Trinajstić information content (AvgIpc) is 2.98. The molecule has 1 aromatic heterocycles. The van der Waals surface area contributed by atoms with Crippen LogP contribution in [0.25, 0.3) is 0 Å². The van der Waals surface area contributed by atoms with Gasteiger partial charge in [0.1, 0.15) is 0 Å². The summed E-state index contributed by atoms with van der Waals surface area (Å²) in [6, 6.07) is -0.0649. The van der Waals surface area contributed by atoms with Crippen LogP contribution in [-0.2, 0) is 19.3 Å². The highest BCUT2D eigenvalue weighted by molar-refractivity contribution is 5.74. The Kier molecular flexibility index (Phi) is 4.69. The third kappa shape index (κ3) is 3.34. The molecule has 2 heterocycles. The number of alkyl halides is 3. The number of amides is 2. The summed E-state index contributed by atoms with van der Waals surface area (Å²) >= 11 is 0. The number of carbonyl (C=O) groups excluding carboxylic acids is 1. The number of aromatic nitrogens is 3. The molecule has 0 aromatic carbocycles. The smallest absolute Gasteiger partial charge is 0.335 e. The number of nitrogens with zero attached hydrogens (tertiary/aromatic N) is 4. The predicted molar refractivity (Wildman–Crippen MR) is 80.0 cm³/mol. The molecule has 1 aliphatic carbocycles. The van der Waals surface area contributed by atoms with Crippen molar-refractivity contribution in [3.8, 4) is 0 Å². The number of carbonyl (C=O) groups is 1. The highest BCUT2D eigenvalue weighted by Crippen LogP contribution is 2.30. The maximum absolute atomic E-state index is 12.8. The van der Waals surface area contributed by atoms with Crippen molar-refractivity contribution < 1.29 is 18.0 Å². The minimum absolute atomic E-state index is 0.0540. The quantitative estimate of drug-likeness (QED) is 0.896. The summed E-state index contributed by atoms with van der Waals surface area (Å²) < 4.78 is 39.6. The van der Waals surface area contributed by atoms with Gasteiger partial charge in [0.05, 0.1) is 6.54 Å². The molecular weight excluding hydrogens is 323 g/mol. The number of hydrogen-bond acceptors (Lipinski definition) is 3. The van der Waals surface area contributed by atoms with E-state index in [2.05, 4.69) is 22.4 Å². The summed E-state index contributed by atoms with van der Waals surface area (Å²) in [5.74, 6) is -0.330. The Hall–Kier alpha value is -1.80. The third-order valence-corrected chi connectivity index (χ3v) is 5.04. The van der Waals surface area contributed by atoms with Crippen LogP contribution in [-0.4, -0.2) is 38.3 Å². The number of urea groups is 1. The highest BCUT2D eigenvalue weighted by Gasteiger charge is 2.40. The second kappa shape index (κ2) is 6.60. The molecule has 2 aliphatic rings. The fourth-order valence-corrected chi connectivity index (χ4v) is 3.68. The molecule has 1 N–H and O–H groups in total. The van der Waals surface area contributed by atoms with Crippen LogP contribution in [0.1, 0.15) is 50.7 Å². The Morgan fingerprint density at radius 3 is 2.71 bits per heavy atom. The second-order valence-electron chi connectivity index (χ2n) is 6.52. The first-order chi connectivity index (χ1) is 11.4. The van der Waals surface area contributed by atoms with Crippen molar-refractivity contribution >= 4 is 6.03 Å². The topological polar surface area (TPSA) is 63.1 Å². The number of fused-ring (bicyclic) bond motifs is 1. The van der Waals surface area contributed by atoms with Crippen molar-refractivity contribution in [1.82, 2.24) is 25.0 Å². The summed E-state index contributed by atoms with van der Waals surface area (Å²) in [5, 5.41) is 9.90. The molecule has 9 heteroatoms. The Morgan fingerprint density at radius 1 is 1.25 bits per heavy atom. The standard InChI is InChI=1S/C15H22F3N5O/c1-2-10-5-3-4-6-11(10)19-14(24)22-7-8-23-12(9-22)20-21-13(23)15(16,17)18/h10-11H,2-9H2,1H3,(H,19,24)/t10-,11+/m1/s1. The fraction of sp³-hybridized carbons (Fsp3) is 0.800. The maximum Gasteiger partial charge on any atom is 0.451 e. The van der Waals surface area contributed by atoms with E-state index in [1.165, 1.54) is 11.3 Å². The Labute approximate surface area is 138 Å². The van der Waals surface area contributed by atoms with Crippen LogP contribution in [0.2, 0.25) is 0 Å². The predicted octanol–water partition coefficient (Wildman–Crippen LogP) is 2.79. The molecule has 1 saturated carbocycles. The van der Waals surface area contributed by atoms with E-state index in [1.54, 1.807) is 0 Å². The zero-order valence-corrected chi connectivity index (χ0v) is 13.6. The van der Waals surface area contributed by atoms with Crippen molar-refractivity contribution in [3.63, 3.8) is 0 Å². The van der Waals surface area contributed by atoms with Gasteiger partial charge in [-0.25, -0.2) is 4.79 Å². The van der Waals surface area contributed by atoms with E-state index in [1.807, 2.05) is 0 Å². The summed E-state index contributed by atoms with van der Waals surface area (Å²) in [4.78, 5) is 14.0. The Bertz CT molecular complexity index is 600. The van der Waals surface area contributed by atoms with Gasteiger partial charge in [0.2, 0.25) is 5.82 Å². The fourth-order valence-electron chi connectivity index (χ4n) is 3.68. The number of hydrogen-bond donors (Lipinski definition) is 1. The first-order valence-electron chi connectivity index (χ1n) is 8.45. The molecule has 134 valence electrons. The van der Waals surface area contributed by atoms with Crippen molar-refractivity contribution in [2.75, 3.05) is 6.54 Å². The minimum Gasteiger partial charge on any atom is -0.335 e. The first-order valence-corrected chi connectivity index (χ1v) is 8.45. The number of halogens is 3. The van der Waals surface area contributed by atoms with E-state index < -0.39 is 12.0 Å². The van der Waals surface area contributed by atoms with Crippen LogP contribution in [0.4, 0.5) is 18.0 Å². The van der Waals surface area contributed by atoms with Gasteiger partial charge in [0.25, 0.3) is 0 Å². The lowest BCUT2D eigenvalue weighted by Gasteiger charge is -2.35. The molecule has 0 spiro atoms.